The Morgan fingerprint density at radius 2 is 2.17 bits per heavy atom. The first kappa shape index (κ1) is 21.0. The molecule has 0 spiro atoms. The molecule has 10 heteroatoms. The molecule has 3 rings (SSSR count). The van der Waals surface area contributed by atoms with Crippen molar-refractivity contribution in [2.75, 3.05) is 5.32 Å². The zero-order chi connectivity index (χ0) is 21.0. The van der Waals surface area contributed by atoms with E-state index in [4.69, 9.17) is 4.74 Å². The van der Waals surface area contributed by atoms with Crippen LogP contribution >= 0.6 is 11.3 Å². The van der Waals surface area contributed by atoms with Crippen molar-refractivity contribution in [2.45, 2.75) is 65.0 Å². The quantitative estimate of drug-likeness (QED) is 0.395. The summed E-state index contributed by atoms with van der Waals surface area (Å²) in [5.41, 5.74) is 1.35. The van der Waals surface area contributed by atoms with Gasteiger partial charge in [-0.1, -0.05) is 6.92 Å². The van der Waals surface area contributed by atoms with Gasteiger partial charge in [0.05, 0.1) is 16.6 Å². The summed E-state index contributed by atoms with van der Waals surface area (Å²) in [6, 6.07) is 0. The van der Waals surface area contributed by atoms with Crippen LogP contribution in [0.3, 0.4) is 0 Å². The summed E-state index contributed by atoms with van der Waals surface area (Å²) in [6.45, 7) is 4.00. The monoisotopic (exact) mass is 420 g/mol. The predicted molar refractivity (Wildman–Crippen MR) is 108 cm³/mol. The van der Waals surface area contributed by atoms with E-state index < -0.39 is 10.9 Å². The lowest BCUT2D eigenvalue weighted by Crippen LogP contribution is -2.19. The fourth-order valence-electron chi connectivity index (χ4n) is 3.17. The fraction of sp³-hybridized carbons (Fsp3) is 0.526. The van der Waals surface area contributed by atoms with E-state index in [2.05, 4.69) is 10.4 Å². The molecule has 9 nitrogen and oxygen atoms in total. The molecule has 0 aromatic carbocycles. The highest BCUT2D eigenvalue weighted by atomic mass is 32.1. The molecule has 0 fully saturated rings. The molecule has 29 heavy (non-hydrogen) atoms. The van der Waals surface area contributed by atoms with Crippen molar-refractivity contribution in [2.24, 2.45) is 0 Å². The lowest BCUT2D eigenvalue weighted by atomic mass is 9.95. The topological polar surface area (TPSA) is 116 Å². The number of aryl methyl sites for hydroxylation is 2. The van der Waals surface area contributed by atoms with E-state index in [9.17, 15) is 19.7 Å². The van der Waals surface area contributed by atoms with E-state index >= 15 is 0 Å². The van der Waals surface area contributed by atoms with Crippen molar-refractivity contribution < 1.29 is 19.2 Å². The third kappa shape index (κ3) is 5.00. The number of carbonyl (C=O) groups is 2. The van der Waals surface area contributed by atoms with Crippen LogP contribution in [0, 0.1) is 10.1 Å². The van der Waals surface area contributed by atoms with Gasteiger partial charge in [0.2, 0.25) is 5.91 Å². The third-order valence-electron chi connectivity index (χ3n) is 4.91. The average Bonchev–Trinajstić information content (AvgIpc) is 3.30. The van der Waals surface area contributed by atoms with E-state index in [1.165, 1.54) is 22.2 Å². The minimum atomic E-state index is -0.533. The van der Waals surface area contributed by atoms with Crippen LogP contribution in [0.15, 0.2) is 12.4 Å². The second-order valence-corrected chi connectivity index (χ2v) is 8.16. The molecule has 1 amide bonds. The number of aromatic nitrogens is 2. The maximum atomic E-state index is 12.8. The van der Waals surface area contributed by atoms with Gasteiger partial charge in [0, 0.05) is 17.8 Å². The highest BCUT2D eigenvalue weighted by Gasteiger charge is 2.28. The molecule has 1 aliphatic carbocycles. The Labute approximate surface area is 172 Å². The van der Waals surface area contributed by atoms with E-state index in [1.54, 1.807) is 0 Å². The molecule has 2 aromatic rings. The smallest absolute Gasteiger partial charge is 0.341 e. The van der Waals surface area contributed by atoms with Gasteiger partial charge < -0.3 is 10.1 Å². The molecular formula is C19H24N4O5S. The largest absolute Gasteiger partial charge is 0.459 e. The summed E-state index contributed by atoms with van der Waals surface area (Å²) in [4.78, 5) is 36.5. The van der Waals surface area contributed by atoms with Crippen molar-refractivity contribution >= 4 is 33.9 Å². The molecule has 156 valence electrons. The Morgan fingerprint density at radius 1 is 1.41 bits per heavy atom. The Morgan fingerprint density at radius 3 is 2.86 bits per heavy atom. The molecular weight excluding hydrogens is 396 g/mol. The predicted octanol–water partition coefficient (Wildman–Crippen LogP) is 3.72. The number of ether oxygens (including phenoxy) is 1. The molecule has 0 aliphatic heterocycles. The standard InChI is InChI=1S/C19H24N4O5S/c1-3-12(2)28-19(25)17-14-6-4-5-7-15(14)29-18(17)21-16(24)8-9-22-11-13(10-20-22)23(26)27/h10-12H,3-9H2,1-2H3,(H,21,24). The summed E-state index contributed by atoms with van der Waals surface area (Å²) in [5.74, 6) is -0.670. The molecule has 2 aromatic heterocycles. The van der Waals surface area contributed by atoms with Gasteiger partial charge in [-0.3, -0.25) is 19.6 Å². The van der Waals surface area contributed by atoms with Crippen LogP contribution < -0.4 is 5.32 Å². The van der Waals surface area contributed by atoms with Crippen molar-refractivity contribution in [3.05, 3.63) is 38.5 Å². The number of nitrogens with zero attached hydrogens (tertiary/aromatic N) is 3. The Kier molecular flexibility index (Phi) is 6.63. The SMILES string of the molecule is CCC(C)OC(=O)c1c(NC(=O)CCn2cc([N+](=O)[O-])cn2)sc2c1CCCC2. The molecule has 0 saturated carbocycles. The maximum Gasteiger partial charge on any atom is 0.341 e. The normalized spacial score (nSPS) is 14.1. The van der Waals surface area contributed by atoms with Crippen LogP contribution in [-0.4, -0.2) is 32.7 Å². The van der Waals surface area contributed by atoms with E-state index in [0.717, 1.165) is 48.7 Å². The molecule has 0 saturated heterocycles. The van der Waals surface area contributed by atoms with Crippen molar-refractivity contribution in [1.29, 1.82) is 0 Å². The van der Waals surface area contributed by atoms with Gasteiger partial charge >= 0.3 is 11.7 Å². The summed E-state index contributed by atoms with van der Waals surface area (Å²) >= 11 is 1.44. The van der Waals surface area contributed by atoms with Crippen LogP contribution in [0.4, 0.5) is 10.7 Å². The van der Waals surface area contributed by atoms with Gasteiger partial charge in [-0.05, 0) is 44.6 Å². The molecule has 2 heterocycles. The van der Waals surface area contributed by atoms with Gasteiger partial charge in [0.15, 0.2) is 0 Å². The lowest BCUT2D eigenvalue weighted by molar-refractivity contribution is -0.385. The molecule has 0 radical (unpaired) electrons. The van der Waals surface area contributed by atoms with Crippen molar-refractivity contribution in [3.8, 4) is 0 Å². The number of fused-ring (bicyclic) bond motifs is 1. The van der Waals surface area contributed by atoms with E-state index in [-0.39, 0.29) is 30.7 Å². The number of esters is 1. The third-order valence-corrected chi connectivity index (χ3v) is 6.12. The summed E-state index contributed by atoms with van der Waals surface area (Å²) in [6.07, 6.45) is 6.83. The molecule has 1 atom stereocenters. The Bertz CT molecular complexity index is 920. The number of nitrogens with one attached hydrogen (secondary N) is 1. The number of hydrogen-bond acceptors (Lipinski definition) is 7. The first-order valence-electron chi connectivity index (χ1n) is 9.71. The summed E-state index contributed by atoms with van der Waals surface area (Å²) in [5, 5.41) is 18.0. The maximum absolute atomic E-state index is 12.8. The van der Waals surface area contributed by atoms with Crippen molar-refractivity contribution in [1.82, 2.24) is 9.78 Å². The zero-order valence-corrected chi connectivity index (χ0v) is 17.3. The Balaban J connectivity index is 1.71. The van der Waals surface area contributed by atoms with Crippen LogP contribution in [-0.2, 0) is 28.9 Å². The summed E-state index contributed by atoms with van der Waals surface area (Å²) < 4.78 is 6.88. The van der Waals surface area contributed by atoms with Crippen LogP contribution in [0.25, 0.3) is 0 Å². The van der Waals surface area contributed by atoms with Gasteiger partial charge in [0.1, 0.15) is 17.4 Å². The number of thiophene rings is 1. The van der Waals surface area contributed by atoms with Gasteiger partial charge in [-0.15, -0.1) is 11.3 Å². The first-order valence-corrected chi connectivity index (χ1v) is 10.5. The van der Waals surface area contributed by atoms with E-state index in [1.807, 2.05) is 13.8 Å². The van der Waals surface area contributed by atoms with Gasteiger partial charge in [0.25, 0.3) is 0 Å². The lowest BCUT2D eigenvalue weighted by Gasteiger charge is -2.15. The second-order valence-electron chi connectivity index (χ2n) is 7.06. The number of hydrogen-bond donors (Lipinski definition) is 1. The number of carbonyl (C=O) groups excluding carboxylic acids is 2. The number of amides is 1. The molecule has 0 bridgehead atoms. The fourth-order valence-corrected chi connectivity index (χ4v) is 4.46. The summed E-state index contributed by atoms with van der Waals surface area (Å²) in [7, 11) is 0. The number of nitro groups is 1. The Hall–Kier alpha value is -2.75. The average molecular weight is 420 g/mol. The van der Waals surface area contributed by atoms with Crippen molar-refractivity contribution in [3.63, 3.8) is 0 Å². The highest BCUT2D eigenvalue weighted by molar-refractivity contribution is 7.17. The zero-order valence-electron chi connectivity index (χ0n) is 16.5. The highest BCUT2D eigenvalue weighted by Crippen LogP contribution is 2.38. The molecule has 1 aliphatic rings. The number of anilines is 1. The molecule has 1 N–H and O–H groups in total. The second kappa shape index (κ2) is 9.17. The minimum Gasteiger partial charge on any atom is -0.459 e. The first-order chi connectivity index (χ1) is 13.9. The van der Waals surface area contributed by atoms with Crippen LogP contribution in [0.2, 0.25) is 0 Å². The van der Waals surface area contributed by atoms with E-state index in [0.29, 0.717) is 10.6 Å². The number of rotatable bonds is 8. The molecule has 1 unspecified atom stereocenters. The van der Waals surface area contributed by atoms with Crippen LogP contribution in [0.5, 0.6) is 0 Å². The van der Waals surface area contributed by atoms with Gasteiger partial charge in [-0.25, -0.2) is 4.79 Å². The van der Waals surface area contributed by atoms with Crippen LogP contribution in [0.1, 0.15) is 60.3 Å². The minimum absolute atomic E-state index is 0.0846. The van der Waals surface area contributed by atoms with Gasteiger partial charge in [-0.2, -0.15) is 5.10 Å².